The van der Waals surface area contributed by atoms with Gasteiger partial charge in [0.15, 0.2) is 0 Å². The lowest BCUT2D eigenvalue weighted by Crippen LogP contribution is -2.36. The third-order valence-corrected chi connectivity index (χ3v) is 6.34. The van der Waals surface area contributed by atoms with Crippen molar-refractivity contribution in [2.75, 3.05) is 18.0 Å². The molecule has 1 unspecified atom stereocenters. The van der Waals surface area contributed by atoms with Crippen molar-refractivity contribution < 1.29 is 18.3 Å². The zero-order chi connectivity index (χ0) is 17.5. The number of anilines is 1. The molecule has 1 aliphatic rings. The van der Waals surface area contributed by atoms with E-state index < -0.39 is 16.1 Å². The first-order valence-electron chi connectivity index (χ1n) is 7.80. The molecular weight excluding hydrogens is 326 g/mol. The summed E-state index contributed by atoms with van der Waals surface area (Å²) in [6.07, 6.45) is -0.342. The number of hydrogen-bond donors (Lipinski definition) is 1. The van der Waals surface area contributed by atoms with E-state index in [1.165, 1.54) is 4.31 Å². The number of aryl methyl sites for hydroxylation is 2. The van der Waals surface area contributed by atoms with Gasteiger partial charge in [-0.3, -0.25) is 4.31 Å². The number of ether oxygens (including phenoxy) is 1. The van der Waals surface area contributed by atoms with Gasteiger partial charge in [0, 0.05) is 12.1 Å². The first-order chi connectivity index (χ1) is 11.3. The van der Waals surface area contributed by atoms with Crippen molar-refractivity contribution in [2.24, 2.45) is 0 Å². The van der Waals surface area contributed by atoms with Crippen molar-refractivity contribution in [3.05, 3.63) is 53.1 Å². The second-order valence-electron chi connectivity index (χ2n) is 6.05. The van der Waals surface area contributed by atoms with E-state index in [4.69, 9.17) is 4.74 Å². The summed E-state index contributed by atoms with van der Waals surface area (Å²) < 4.78 is 32.7. The van der Waals surface area contributed by atoms with Crippen LogP contribution in [0.3, 0.4) is 0 Å². The normalized spacial score (nSPS) is 17.5. The molecule has 0 amide bonds. The average molecular weight is 347 g/mol. The standard InChI is InChI=1S/C18H21NO4S/c1-12-4-6-15(10-13(12)2)24(21,22)19-9-8-18(20)16-11-14(23-3)5-7-17(16)19/h4-7,10-11,18,20H,8-9H2,1-3H3. The lowest BCUT2D eigenvalue weighted by Gasteiger charge is -2.33. The summed E-state index contributed by atoms with van der Waals surface area (Å²) in [5, 5.41) is 10.2. The highest BCUT2D eigenvalue weighted by atomic mass is 32.2. The molecule has 6 heteroatoms. The zero-order valence-electron chi connectivity index (χ0n) is 14.0. The fourth-order valence-electron chi connectivity index (χ4n) is 2.92. The summed E-state index contributed by atoms with van der Waals surface area (Å²) in [5.74, 6) is 0.596. The second-order valence-corrected chi connectivity index (χ2v) is 7.91. The molecule has 1 atom stereocenters. The van der Waals surface area contributed by atoms with Crippen LogP contribution in [0.25, 0.3) is 0 Å². The maximum Gasteiger partial charge on any atom is 0.264 e. The van der Waals surface area contributed by atoms with Gasteiger partial charge in [0.2, 0.25) is 0 Å². The number of fused-ring (bicyclic) bond motifs is 1. The minimum absolute atomic E-state index is 0.246. The van der Waals surface area contributed by atoms with Crippen molar-refractivity contribution >= 4 is 15.7 Å². The van der Waals surface area contributed by atoms with Gasteiger partial charge in [-0.05, 0) is 61.7 Å². The molecule has 0 aromatic heterocycles. The number of aliphatic hydroxyl groups excluding tert-OH is 1. The van der Waals surface area contributed by atoms with E-state index in [0.29, 0.717) is 23.4 Å². The molecule has 0 aliphatic carbocycles. The van der Waals surface area contributed by atoms with Crippen molar-refractivity contribution in [1.29, 1.82) is 0 Å². The largest absolute Gasteiger partial charge is 0.497 e. The van der Waals surface area contributed by atoms with Gasteiger partial charge in [-0.2, -0.15) is 0 Å². The summed E-state index contributed by atoms with van der Waals surface area (Å²) in [6, 6.07) is 10.2. The third kappa shape index (κ3) is 2.76. The van der Waals surface area contributed by atoms with Crippen LogP contribution in [-0.2, 0) is 10.0 Å². The Kier molecular flexibility index (Phi) is 4.27. The van der Waals surface area contributed by atoms with Crippen LogP contribution in [0.1, 0.15) is 29.2 Å². The van der Waals surface area contributed by atoms with Crippen LogP contribution in [0, 0.1) is 13.8 Å². The molecule has 0 fully saturated rings. The predicted octanol–water partition coefficient (Wildman–Crippen LogP) is 2.94. The Hall–Kier alpha value is -2.05. The Balaban J connectivity index is 2.10. The Morgan fingerprint density at radius 2 is 1.88 bits per heavy atom. The topological polar surface area (TPSA) is 66.8 Å². The van der Waals surface area contributed by atoms with Crippen molar-refractivity contribution in [3.63, 3.8) is 0 Å². The number of benzene rings is 2. The molecule has 0 saturated carbocycles. The SMILES string of the molecule is COc1ccc2c(c1)C(O)CCN2S(=O)(=O)c1ccc(C)c(C)c1. The molecule has 3 rings (SSSR count). The molecular formula is C18H21NO4S. The molecule has 1 aliphatic heterocycles. The van der Waals surface area contributed by atoms with Crippen LogP contribution in [0.4, 0.5) is 5.69 Å². The first kappa shape index (κ1) is 16.8. The summed E-state index contributed by atoms with van der Waals surface area (Å²) in [6.45, 7) is 4.09. The highest BCUT2D eigenvalue weighted by Crippen LogP contribution is 2.39. The Bertz CT molecular complexity index is 877. The zero-order valence-corrected chi connectivity index (χ0v) is 14.8. The number of rotatable bonds is 3. The quantitative estimate of drug-likeness (QED) is 0.927. The minimum Gasteiger partial charge on any atom is -0.497 e. The minimum atomic E-state index is -3.68. The van der Waals surface area contributed by atoms with Crippen molar-refractivity contribution in [1.82, 2.24) is 0 Å². The lowest BCUT2D eigenvalue weighted by molar-refractivity contribution is 0.166. The smallest absolute Gasteiger partial charge is 0.264 e. The van der Waals surface area contributed by atoms with Crippen LogP contribution >= 0.6 is 0 Å². The van der Waals surface area contributed by atoms with Gasteiger partial charge in [0.25, 0.3) is 10.0 Å². The van der Waals surface area contributed by atoms with Crippen molar-refractivity contribution in [2.45, 2.75) is 31.3 Å². The van der Waals surface area contributed by atoms with Gasteiger partial charge < -0.3 is 9.84 Å². The average Bonchev–Trinajstić information content (AvgIpc) is 2.57. The van der Waals surface area contributed by atoms with Crippen LogP contribution in [-0.4, -0.2) is 27.2 Å². The third-order valence-electron chi connectivity index (χ3n) is 4.53. The highest BCUT2D eigenvalue weighted by Gasteiger charge is 2.32. The fraction of sp³-hybridized carbons (Fsp3) is 0.333. The molecule has 1 heterocycles. The Morgan fingerprint density at radius 3 is 2.54 bits per heavy atom. The van der Waals surface area contributed by atoms with E-state index in [9.17, 15) is 13.5 Å². The molecule has 128 valence electrons. The van der Waals surface area contributed by atoms with Crippen LogP contribution in [0.2, 0.25) is 0 Å². The maximum absolute atomic E-state index is 13.1. The number of nitrogens with zero attached hydrogens (tertiary/aromatic N) is 1. The molecule has 0 radical (unpaired) electrons. The highest BCUT2D eigenvalue weighted by molar-refractivity contribution is 7.92. The van der Waals surface area contributed by atoms with Crippen LogP contribution in [0.15, 0.2) is 41.3 Å². The first-order valence-corrected chi connectivity index (χ1v) is 9.24. The molecule has 0 bridgehead atoms. The van der Waals surface area contributed by atoms with Gasteiger partial charge in [-0.1, -0.05) is 6.07 Å². The molecule has 24 heavy (non-hydrogen) atoms. The van der Waals surface area contributed by atoms with Gasteiger partial charge in [0.1, 0.15) is 5.75 Å². The molecule has 1 N–H and O–H groups in total. The second kappa shape index (κ2) is 6.11. The molecule has 0 saturated heterocycles. The van der Waals surface area contributed by atoms with Crippen LogP contribution < -0.4 is 9.04 Å². The summed E-state index contributed by atoms with van der Waals surface area (Å²) in [7, 11) is -2.13. The molecule has 2 aromatic carbocycles. The van der Waals surface area contributed by atoms with Crippen molar-refractivity contribution in [3.8, 4) is 5.75 Å². The fourth-order valence-corrected chi connectivity index (χ4v) is 4.51. The lowest BCUT2D eigenvalue weighted by atomic mass is 10.0. The maximum atomic E-state index is 13.1. The van der Waals surface area contributed by atoms with E-state index in [0.717, 1.165) is 11.1 Å². The summed E-state index contributed by atoms with van der Waals surface area (Å²) in [5.41, 5.74) is 3.07. The van der Waals surface area contributed by atoms with E-state index in [1.807, 2.05) is 19.9 Å². The van der Waals surface area contributed by atoms with E-state index in [1.54, 1.807) is 37.4 Å². The Labute approximate surface area is 142 Å². The molecule has 0 spiro atoms. The van der Waals surface area contributed by atoms with Crippen LogP contribution in [0.5, 0.6) is 5.75 Å². The van der Waals surface area contributed by atoms with Gasteiger partial charge in [-0.25, -0.2) is 8.42 Å². The predicted molar refractivity (Wildman–Crippen MR) is 93.0 cm³/mol. The summed E-state index contributed by atoms with van der Waals surface area (Å²) >= 11 is 0. The number of methoxy groups -OCH3 is 1. The van der Waals surface area contributed by atoms with Gasteiger partial charge in [0.05, 0.1) is 23.8 Å². The van der Waals surface area contributed by atoms with Gasteiger partial charge >= 0.3 is 0 Å². The summed E-state index contributed by atoms with van der Waals surface area (Å²) in [4.78, 5) is 0.267. The number of hydrogen-bond acceptors (Lipinski definition) is 4. The Morgan fingerprint density at radius 1 is 1.12 bits per heavy atom. The van der Waals surface area contributed by atoms with Gasteiger partial charge in [-0.15, -0.1) is 0 Å². The molecule has 5 nitrogen and oxygen atoms in total. The number of sulfonamides is 1. The molecule has 2 aromatic rings. The van der Waals surface area contributed by atoms with E-state index >= 15 is 0 Å². The van der Waals surface area contributed by atoms with E-state index in [-0.39, 0.29) is 11.4 Å². The monoisotopic (exact) mass is 347 g/mol. The number of aliphatic hydroxyl groups is 1. The van der Waals surface area contributed by atoms with E-state index in [2.05, 4.69) is 0 Å².